The van der Waals surface area contributed by atoms with Crippen LogP contribution in [0.5, 0.6) is 0 Å². The first-order valence-electron chi connectivity index (χ1n) is 5.19. The summed E-state index contributed by atoms with van der Waals surface area (Å²) < 4.78 is 0. The second kappa shape index (κ2) is 4.70. The van der Waals surface area contributed by atoms with E-state index in [-0.39, 0.29) is 0 Å². The van der Waals surface area contributed by atoms with Crippen LogP contribution < -0.4 is 5.32 Å². The molecule has 0 spiro atoms. The number of aryl methyl sites for hydroxylation is 2. The van der Waals surface area contributed by atoms with Crippen LogP contribution in [0.2, 0.25) is 0 Å². The number of hydrogen-bond acceptors (Lipinski definition) is 4. The predicted molar refractivity (Wildman–Crippen MR) is 63.1 cm³/mol. The van der Waals surface area contributed by atoms with Gasteiger partial charge in [-0.05, 0) is 32.0 Å². The van der Waals surface area contributed by atoms with E-state index in [1.165, 1.54) is 0 Å². The average molecular weight is 214 g/mol. The Morgan fingerprint density at radius 3 is 2.69 bits per heavy atom. The zero-order chi connectivity index (χ0) is 11.4. The maximum atomic E-state index is 4.31. The highest BCUT2D eigenvalue weighted by Gasteiger charge is 1.96. The number of nitrogens with zero attached hydrogens (tertiary/aromatic N) is 3. The fourth-order valence-electron chi connectivity index (χ4n) is 1.37. The molecule has 0 aliphatic carbocycles. The van der Waals surface area contributed by atoms with Crippen LogP contribution in [0, 0.1) is 13.8 Å². The lowest BCUT2D eigenvalue weighted by Crippen LogP contribution is -2.03. The number of pyridine rings is 1. The van der Waals surface area contributed by atoms with Gasteiger partial charge in [0.2, 0.25) is 0 Å². The third kappa shape index (κ3) is 2.76. The van der Waals surface area contributed by atoms with E-state index in [4.69, 9.17) is 0 Å². The molecule has 0 aromatic carbocycles. The molecular weight excluding hydrogens is 200 g/mol. The molecule has 4 nitrogen and oxygen atoms in total. The second-order valence-electron chi connectivity index (χ2n) is 3.64. The van der Waals surface area contributed by atoms with Gasteiger partial charge in [0.1, 0.15) is 5.82 Å². The molecule has 2 heterocycles. The molecule has 0 atom stereocenters. The van der Waals surface area contributed by atoms with Crippen LogP contribution in [-0.2, 0) is 6.54 Å². The maximum absolute atomic E-state index is 4.31. The second-order valence-corrected chi connectivity index (χ2v) is 3.64. The summed E-state index contributed by atoms with van der Waals surface area (Å²) in [5.41, 5.74) is 3.00. The Kier molecular flexibility index (Phi) is 3.10. The van der Waals surface area contributed by atoms with Gasteiger partial charge in [0.25, 0.3) is 0 Å². The fraction of sp³-hybridized carbons (Fsp3) is 0.250. The number of aromatic nitrogens is 3. The van der Waals surface area contributed by atoms with Gasteiger partial charge >= 0.3 is 0 Å². The Morgan fingerprint density at radius 1 is 1.12 bits per heavy atom. The van der Waals surface area contributed by atoms with Crippen LogP contribution in [0.4, 0.5) is 5.69 Å². The molecule has 0 saturated heterocycles. The first kappa shape index (κ1) is 10.5. The van der Waals surface area contributed by atoms with Crippen LogP contribution in [0.3, 0.4) is 0 Å². The number of nitrogens with one attached hydrogen (secondary N) is 1. The van der Waals surface area contributed by atoms with E-state index in [9.17, 15) is 0 Å². The first-order chi connectivity index (χ1) is 7.74. The molecule has 0 bridgehead atoms. The van der Waals surface area contributed by atoms with Crippen LogP contribution >= 0.6 is 0 Å². The lowest BCUT2D eigenvalue weighted by Gasteiger charge is -2.05. The summed E-state index contributed by atoms with van der Waals surface area (Å²) in [5, 5.41) is 3.26. The van der Waals surface area contributed by atoms with Crippen molar-refractivity contribution >= 4 is 5.69 Å². The van der Waals surface area contributed by atoms with Gasteiger partial charge in [-0.1, -0.05) is 0 Å². The van der Waals surface area contributed by atoms with E-state index in [2.05, 4.69) is 20.3 Å². The summed E-state index contributed by atoms with van der Waals surface area (Å²) >= 11 is 0. The highest BCUT2D eigenvalue weighted by Crippen LogP contribution is 2.07. The maximum Gasteiger partial charge on any atom is 0.125 e. The largest absolute Gasteiger partial charge is 0.378 e. The summed E-state index contributed by atoms with van der Waals surface area (Å²) in [6.45, 7) is 4.54. The van der Waals surface area contributed by atoms with Gasteiger partial charge < -0.3 is 5.32 Å². The Labute approximate surface area is 94.8 Å². The molecule has 0 radical (unpaired) electrons. The molecule has 0 amide bonds. The lowest BCUT2D eigenvalue weighted by atomic mass is 10.3. The smallest absolute Gasteiger partial charge is 0.125 e. The Bertz CT molecular complexity index is 465. The van der Waals surface area contributed by atoms with E-state index in [1.807, 2.05) is 38.2 Å². The average Bonchev–Trinajstić information content (AvgIpc) is 2.28. The van der Waals surface area contributed by atoms with Gasteiger partial charge in [0.15, 0.2) is 0 Å². The van der Waals surface area contributed by atoms with Crippen molar-refractivity contribution < 1.29 is 0 Å². The molecule has 1 N–H and O–H groups in total. The molecule has 2 rings (SSSR count). The van der Waals surface area contributed by atoms with Crippen LogP contribution in [0.15, 0.2) is 30.6 Å². The summed E-state index contributed by atoms with van der Waals surface area (Å²) in [4.78, 5) is 12.6. The Morgan fingerprint density at radius 2 is 2.00 bits per heavy atom. The van der Waals surface area contributed by atoms with E-state index < -0.39 is 0 Å². The van der Waals surface area contributed by atoms with E-state index in [0.717, 1.165) is 22.9 Å². The molecule has 82 valence electrons. The van der Waals surface area contributed by atoms with Gasteiger partial charge in [-0.25, -0.2) is 9.97 Å². The van der Waals surface area contributed by atoms with Gasteiger partial charge in [-0.15, -0.1) is 0 Å². The minimum atomic E-state index is 0.689. The van der Waals surface area contributed by atoms with E-state index in [0.29, 0.717) is 6.54 Å². The number of anilines is 1. The molecule has 4 heteroatoms. The third-order valence-electron chi connectivity index (χ3n) is 2.22. The molecule has 0 fully saturated rings. The molecule has 2 aromatic heterocycles. The Hall–Kier alpha value is -1.97. The molecule has 0 unspecified atom stereocenters. The van der Waals surface area contributed by atoms with Crippen molar-refractivity contribution in [3.05, 3.63) is 47.8 Å². The van der Waals surface area contributed by atoms with E-state index in [1.54, 1.807) is 6.20 Å². The molecule has 0 saturated carbocycles. The molecule has 16 heavy (non-hydrogen) atoms. The minimum absolute atomic E-state index is 0.689. The van der Waals surface area contributed by atoms with Gasteiger partial charge in [-0.3, -0.25) is 4.98 Å². The molecule has 0 aliphatic rings. The lowest BCUT2D eigenvalue weighted by molar-refractivity contribution is 0.954. The van der Waals surface area contributed by atoms with Gasteiger partial charge in [-0.2, -0.15) is 0 Å². The van der Waals surface area contributed by atoms with Crippen molar-refractivity contribution in [3.63, 3.8) is 0 Å². The summed E-state index contributed by atoms with van der Waals surface area (Å²) in [5.74, 6) is 0.793. The van der Waals surface area contributed by atoms with Crippen molar-refractivity contribution in [3.8, 4) is 0 Å². The molecule has 2 aromatic rings. The topological polar surface area (TPSA) is 50.7 Å². The van der Waals surface area contributed by atoms with Crippen LogP contribution in [0.25, 0.3) is 0 Å². The van der Waals surface area contributed by atoms with Crippen molar-refractivity contribution in [1.82, 2.24) is 15.0 Å². The van der Waals surface area contributed by atoms with Crippen molar-refractivity contribution in [2.75, 3.05) is 5.32 Å². The van der Waals surface area contributed by atoms with Gasteiger partial charge in [0, 0.05) is 11.9 Å². The number of rotatable bonds is 3. The first-order valence-corrected chi connectivity index (χ1v) is 5.19. The Balaban J connectivity index is 1.99. The molecule has 0 aliphatic heterocycles. The standard InChI is InChI=1S/C12H14N4/c1-9-3-4-11(7-14-9)15-8-12-5-6-13-10(2)16-12/h3-7,15H,8H2,1-2H3. The minimum Gasteiger partial charge on any atom is -0.378 e. The quantitative estimate of drug-likeness (QED) is 0.850. The fourth-order valence-corrected chi connectivity index (χ4v) is 1.37. The summed E-state index contributed by atoms with van der Waals surface area (Å²) in [7, 11) is 0. The predicted octanol–water partition coefficient (Wildman–Crippen LogP) is 2.10. The summed E-state index contributed by atoms with van der Waals surface area (Å²) in [6.07, 6.45) is 3.59. The summed E-state index contributed by atoms with van der Waals surface area (Å²) in [6, 6.07) is 5.89. The molecular formula is C12H14N4. The third-order valence-corrected chi connectivity index (χ3v) is 2.22. The van der Waals surface area contributed by atoms with Crippen molar-refractivity contribution in [2.45, 2.75) is 20.4 Å². The van der Waals surface area contributed by atoms with Crippen LogP contribution in [0.1, 0.15) is 17.2 Å². The highest BCUT2D eigenvalue weighted by molar-refractivity contribution is 5.41. The van der Waals surface area contributed by atoms with Crippen molar-refractivity contribution in [2.24, 2.45) is 0 Å². The monoisotopic (exact) mass is 214 g/mol. The zero-order valence-corrected chi connectivity index (χ0v) is 9.44. The van der Waals surface area contributed by atoms with Gasteiger partial charge in [0.05, 0.1) is 24.1 Å². The van der Waals surface area contributed by atoms with E-state index >= 15 is 0 Å². The zero-order valence-electron chi connectivity index (χ0n) is 9.44. The number of hydrogen-bond donors (Lipinski definition) is 1. The SMILES string of the molecule is Cc1ccc(NCc2ccnc(C)n2)cn1. The van der Waals surface area contributed by atoms with Crippen molar-refractivity contribution in [1.29, 1.82) is 0 Å². The van der Waals surface area contributed by atoms with Crippen LogP contribution in [-0.4, -0.2) is 15.0 Å². The normalized spacial score (nSPS) is 10.1. The highest BCUT2D eigenvalue weighted by atomic mass is 14.9.